The van der Waals surface area contributed by atoms with Crippen LogP contribution in [0.2, 0.25) is 0 Å². The average molecular weight is 227 g/mol. The molecule has 2 aliphatic rings. The van der Waals surface area contributed by atoms with Gasteiger partial charge in [-0.3, -0.25) is 9.69 Å². The van der Waals surface area contributed by atoms with E-state index in [0.717, 1.165) is 45.4 Å². The Kier molecular flexibility index (Phi) is 3.82. The summed E-state index contributed by atoms with van der Waals surface area (Å²) >= 11 is 0. The van der Waals surface area contributed by atoms with Crippen molar-refractivity contribution >= 4 is 5.97 Å². The van der Waals surface area contributed by atoms with Crippen LogP contribution in [0.25, 0.3) is 0 Å². The van der Waals surface area contributed by atoms with E-state index >= 15 is 0 Å². The van der Waals surface area contributed by atoms with Crippen LogP contribution in [-0.2, 0) is 9.53 Å². The van der Waals surface area contributed by atoms with Crippen molar-refractivity contribution in [2.45, 2.75) is 44.8 Å². The van der Waals surface area contributed by atoms with Gasteiger partial charge in [-0.2, -0.15) is 0 Å². The fourth-order valence-electron chi connectivity index (χ4n) is 2.72. The number of hydrogen-bond donors (Lipinski definition) is 1. The van der Waals surface area contributed by atoms with Crippen LogP contribution in [-0.4, -0.2) is 47.8 Å². The lowest BCUT2D eigenvalue weighted by Crippen LogP contribution is -2.49. The first-order valence-electron chi connectivity index (χ1n) is 6.25. The molecular formula is C12H21NO3. The first-order chi connectivity index (χ1) is 7.66. The van der Waals surface area contributed by atoms with Gasteiger partial charge >= 0.3 is 5.97 Å². The van der Waals surface area contributed by atoms with E-state index in [4.69, 9.17) is 4.74 Å². The number of carboxylic acid groups (broad SMARTS) is 1. The number of likely N-dealkylation sites (tertiary alicyclic amines) is 1. The number of carboxylic acids is 1. The predicted octanol–water partition coefficient (Wildman–Crippen LogP) is 1.35. The molecule has 92 valence electrons. The Morgan fingerprint density at radius 2 is 2.31 bits per heavy atom. The number of nitrogens with zero attached hydrogens (tertiary/aromatic N) is 1. The SMILES string of the molecule is CC1CCN(CC2CCCO2)C(C(=O)O)C1. The molecule has 1 N–H and O–H groups in total. The molecule has 0 aromatic carbocycles. The zero-order valence-corrected chi connectivity index (χ0v) is 9.89. The Hall–Kier alpha value is -0.610. The molecule has 4 nitrogen and oxygen atoms in total. The molecule has 16 heavy (non-hydrogen) atoms. The molecule has 2 heterocycles. The molecule has 3 atom stereocenters. The summed E-state index contributed by atoms with van der Waals surface area (Å²) in [6.07, 6.45) is 4.35. The highest BCUT2D eigenvalue weighted by Gasteiger charge is 2.33. The van der Waals surface area contributed by atoms with E-state index in [-0.39, 0.29) is 12.1 Å². The van der Waals surface area contributed by atoms with Crippen molar-refractivity contribution in [2.24, 2.45) is 5.92 Å². The van der Waals surface area contributed by atoms with Crippen LogP contribution < -0.4 is 0 Å². The fourth-order valence-corrected chi connectivity index (χ4v) is 2.72. The molecule has 3 unspecified atom stereocenters. The number of carbonyl (C=O) groups is 1. The minimum absolute atomic E-state index is 0.259. The molecule has 0 aliphatic carbocycles. The second-order valence-electron chi connectivity index (χ2n) is 5.11. The Balaban J connectivity index is 1.92. The molecule has 0 spiro atoms. The van der Waals surface area contributed by atoms with Crippen LogP contribution in [0.5, 0.6) is 0 Å². The van der Waals surface area contributed by atoms with Crippen molar-refractivity contribution in [1.29, 1.82) is 0 Å². The summed E-state index contributed by atoms with van der Waals surface area (Å²) < 4.78 is 5.58. The standard InChI is InChI=1S/C12H21NO3/c1-9-4-5-13(11(7-9)12(14)15)8-10-3-2-6-16-10/h9-11H,2-8H2,1H3,(H,14,15). The summed E-state index contributed by atoms with van der Waals surface area (Å²) in [4.78, 5) is 13.3. The van der Waals surface area contributed by atoms with E-state index < -0.39 is 5.97 Å². The second kappa shape index (κ2) is 5.15. The quantitative estimate of drug-likeness (QED) is 0.790. The first kappa shape index (κ1) is 11.9. The molecule has 2 fully saturated rings. The van der Waals surface area contributed by atoms with Crippen LogP contribution in [0, 0.1) is 5.92 Å². The van der Waals surface area contributed by atoms with Gasteiger partial charge in [-0.05, 0) is 38.1 Å². The molecule has 0 amide bonds. The zero-order chi connectivity index (χ0) is 11.5. The van der Waals surface area contributed by atoms with Crippen molar-refractivity contribution in [2.75, 3.05) is 19.7 Å². The Bertz CT molecular complexity index is 251. The highest BCUT2D eigenvalue weighted by Crippen LogP contribution is 2.24. The van der Waals surface area contributed by atoms with Crippen LogP contribution in [0.3, 0.4) is 0 Å². The summed E-state index contributed by atoms with van der Waals surface area (Å²) in [5.74, 6) is -0.147. The molecule has 2 saturated heterocycles. The Labute approximate surface area is 96.6 Å². The van der Waals surface area contributed by atoms with Crippen LogP contribution in [0.15, 0.2) is 0 Å². The maximum Gasteiger partial charge on any atom is 0.320 e. The largest absolute Gasteiger partial charge is 0.480 e. The summed E-state index contributed by atoms with van der Waals surface area (Å²) in [5.41, 5.74) is 0. The molecule has 0 aromatic heterocycles. The lowest BCUT2D eigenvalue weighted by molar-refractivity contribution is -0.146. The maximum atomic E-state index is 11.2. The molecule has 2 rings (SSSR count). The monoisotopic (exact) mass is 227 g/mol. The third-order valence-electron chi connectivity index (χ3n) is 3.72. The minimum atomic E-state index is -0.676. The highest BCUT2D eigenvalue weighted by molar-refractivity contribution is 5.73. The van der Waals surface area contributed by atoms with Gasteiger partial charge in [0.2, 0.25) is 0 Å². The number of ether oxygens (including phenoxy) is 1. The van der Waals surface area contributed by atoms with E-state index in [9.17, 15) is 9.90 Å². The fraction of sp³-hybridized carbons (Fsp3) is 0.917. The van der Waals surface area contributed by atoms with Crippen molar-refractivity contribution < 1.29 is 14.6 Å². The summed E-state index contributed by atoms with van der Waals surface area (Å²) in [6.45, 7) is 4.67. The smallest absolute Gasteiger partial charge is 0.320 e. The van der Waals surface area contributed by atoms with Crippen LogP contribution >= 0.6 is 0 Å². The van der Waals surface area contributed by atoms with Crippen LogP contribution in [0.4, 0.5) is 0 Å². The molecule has 2 aliphatic heterocycles. The van der Waals surface area contributed by atoms with Crippen molar-refractivity contribution in [3.05, 3.63) is 0 Å². The molecule has 0 saturated carbocycles. The van der Waals surface area contributed by atoms with Gasteiger partial charge in [-0.1, -0.05) is 6.92 Å². The third kappa shape index (κ3) is 2.74. The van der Waals surface area contributed by atoms with Crippen molar-refractivity contribution in [1.82, 2.24) is 4.90 Å². The van der Waals surface area contributed by atoms with E-state index in [1.165, 1.54) is 0 Å². The number of piperidine rings is 1. The molecule has 0 bridgehead atoms. The molecule has 0 aromatic rings. The highest BCUT2D eigenvalue weighted by atomic mass is 16.5. The van der Waals surface area contributed by atoms with Gasteiger partial charge in [-0.15, -0.1) is 0 Å². The van der Waals surface area contributed by atoms with E-state index in [0.29, 0.717) is 5.92 Å². The van der Waals surface area contributed by atoms with Crippen molar-refractivity contribution in [3.8, 4) is 0 Å². The number of aliphatic carboxylic acids is 1. The van der Waals surface area contributed by atoms with Crippen molar-refractivity contribution in [3.63, 3.8) is 0 Å². The van der Waals surface area contributed by atoms with E-state index in [1.807, 2.05) is 0 Å². The topological polar surface area (TPSA) is 49.8 Å². The van der Waals surface area contributed by atoms with E-state index in [2.05, 4.69) is 11.8 Å². The summed E-state index contributed by atoms with van der Waals surface area (Å²) in [6, 6.07) is -0.298. The number of rotatable bonds is 3. The van der Waals surface area contributed by atoms with Gasteiger partial charge in [0.05, 0.1) is 6.10 Å². The Morgan fingerprint density at radius 1 is 1.50 bits per heavy atom. The first-order valence-corrected chi connectivity index (χ1v) is 6.25. The van der Waals surface area contributed by atoms with Gasteiger partial charge in [0, 0.05) is 13.2 Å². The van der Waals surface area contributed by atoms with Gasteiger partial charge in [0.25, 0.3) is 0 Å². The third-order valence-corrected chi connectivity index (χ3v) is 3.72. The van der Waals surface area contributed by atoms with Gasteiger partial charge in [0.1, 0.15) is 6.04 Å². The lowest BCUT2D eigenvalue weighted by atomic mass is 9.92. The summed E-state index contributed by atoms with van der Waals surface area (Å²) in [5, 5.41) is 9.22. The molecule has 4 heteroatoms. The van der Waals surface area contributed by atoms with Gasteiger partial charge < -0.3 is 9.84 Å². The zero-order valence-electron chi connectivity index (χ0n) is 9.89. The Morgan fingerprint density at radius 3 is 2.94 bits per heavy atom. The average Bonchev–Trinajstić information content (AvgIpc) is 2.73. The molecule has 0 radical (unpaired) electrons. The number of hydrogen-bond acceptors (Lipinski definition) is 3. The second-order valence-corrected chi connectivity index (χ2v) is 5.11. The summed E-state index contributed by atoms with van der Waals surface area (Å²) in [7, 11) is 0. The van der Waals surface area contributed by atoms with Gasteiger partial charge in [-0.25, -0.2) is 0 Å². The molecular weight excluding hydrogens is 206 g/mol. The lowest BCUT2D eigenvalue weighted by Gasteiger charge is -2.37. The van der Waals surface area contributed by atoms with Gasteiger partial charge in [0.15, 0.2) is 0 Å². The van der Waals surface area contributed by atoms with Crippen LogP contribution in [0.1, 0.15) is 32.6 Å². The minimum Gasteiger partial charge on any atom is -0.480 e. The maximum absolute atomic E-state index is 11.2. The predicted molar refractivity (Wildman–Crippen MR) is 60.4 cm³/mol. The normalized spacial score (nSPS) is 36.4. The van der Waals surface area contributed by atoms with E-state index in [1.54, 1.807) is 0 Å².